The highest BCUT2D eigenvalue weighted by Crippen LogP contribution is 2.15. The zero-order chi connectivity index (χ0) is 13.2. The van der Waals surface area contributed by atoms with Crippen molar-refractivity contribution in [1.29, 1.82) is 0 Å². The molecule has 0 aliphatic carbocycles. The average molecular weight is 255 g/mol. The quantitative estimate of drug-likeness (QED) is 0.410. The maximum absolute atomic E-state index is 10.5. The van der Waals surface area contributed by atoms with Gasteiger partial charge in [-0.05, 0) is 17.5 Å². The molecule has 94 valence electrons. The first-order valence-corrected chi connectivity index (χ1v) is 5.83. The van der Waals surface area contributed by atoms with Crippen LogP contribution in [-0.4, -0.2) is 4.92 Å². The Labute approximate surface area is 108 Å². The van der Waals surface area contributed by atoms with Crippen molar-refractivity contribution in [3.05, 3.63) is 70.7 Å². The minimum absolute atomic E-state index is 0.226. The molecule has 3 aromatic rings. The van der Waals surface area contributed by atoms with Crippen molar-refractivity contribution >= 4 is 16.7 Å². The van der Waals surface area contributed by atoms with Gasteiger partial charge in [-0.15, -0.1) is 0 Å². The second kappa shape index (κ2) is 4.53. The molecule has 0 bridgehead atoms. The summed E-state index contributed by atoms with van der Waals surface area (Å²) in [5.74, 6) is 0.336. The standard InChI is InChI=1S/C14H11N2O3/c17-16(18)14-6-5-13(19-14)10-15-8-7-11-3-1-2-4-12(11)9-15/h1-9H,10H2/q+1. The molecule has 5 heteroatoms. The van der Waals surface area contributed by atoms with Gasteiger partial charge in [0.2, 0.25) is 6.54 Å². The van der Waals surface area contributed by atoms with E-state index in [2.05, 4.69) is 0 Å². The summed E-state index contributed by atoms with van der Waals surface area (Å²) in [6.07, 6.45) is 3.92. The molecule has 0 N–H and O–H groups in total. The van der Waals surface area contributed by atoms with Gasteiger partial charge in [0.25, 0.3) is 0 Å². The molecule has 2 aromatic heterocycles. The summed E-state index contributed by atoms with van der Waals surface area (Å²) in [6, 6.07) is 13.0. The van der Waals surface area contributed by atoms with Crippen LogP contribution >= 0.6 is 0 Å². The van der Waals surface area contributed by atoms with Gasteiger partial charge in [0.15, 0.2) is 18.2 Å². The van der Waals surface area contributed by atoms with Crippen molar-refractivity contribution in [2.24, 2.45) is 0 Å². The third-order valence-electron chi connectivity index (χ3n) is 2.91. The molecule has 0 saturated carbocycles. The summed E-state index contributed by atoms with van der Waals surface area (Å²) in [5.41, 5.74) is 0. The molecule has 0 saturated heterocycles. The third kappa shape index (κ3) is 2.30. The van der Waals surface area contributed by atoms with E-state index in [0.717, 1.165) is 10.8 Å². The summed E-state index contributed by atoms with van der Waals surface area (Å²) in [5, 5.41) is 12.8. The van der Waals surface area contributed by atoms with Crippen LogP contribution in [0.1, 0.15) is 5.76 Å². The lowest BCUT2D eigenvalue weighted by atomic mass is 10.2. The van der Waals surface area contributed by atoms with E-state index in [-0.39, 0.29) is 5.88 Å². The Morgan fingerprint density at radius 2 is 1.89 bits per heavy atom. The topological polar surface area (TPSA) is 60.2 Å². The van der Waals surface area contributed by atoms with Crippen molar-refractivity contribution < 1.29 is 13.9 Å². The van der Waals surface area contributed by atoms with Crippen LogP contribution in [0, 0.1) is 10.1 Å². The lowest BCUT2D eigenvalue weighted by molar-refractivity contribution is -0.688. The molecule has 5 nitrogen and oxygen atoms in total. The molecular weight excluding hydrogens is 244 g/mol. The fourth-order valence-corrected chi connectivity index (χ4v) is 2.01. The van der Waals surface area contributed by atoms with E-state index in [1.54, 1.807) is 6.07 Å². The summed E-state index contributed by atoms with van der Waals surface area (Å²) in [7, 11) is 0. The number of fused-ring (bicyclic) bond motifs is 1. The van der Waals surface area contributed by atoms with Gasteiger partial charge in [-0.25, -0.2) is 0 Å². The second-order valence-corrected chi connectivity index (χ2v) is 4.24. The van der Waals surface area contributed by atoms with Crippen molar-refractivity contribution in [2.45, 2.75) is 6.54 Å². The van der Waals surface area contributed by atoms with E-state index in [4.69, 9.17) is 4.42 Å². The lowest BCUT2D eigenvalue weighted by Gasteiger charge is -1.97. The number of benzene rings is 1. The van der Waals surface area contributed by atoms with Crippen LogP contribution in [0.2, 0.25) is 0 Å². The van der Waals surface area contributed by atoms with Crippen molar-refractivity contribution in [3.63, 3.8) is 0 Å². The van der Waals surface area contributed by atoms with Crippen LogP contribution in [0.3, 0.4) is 0 Å². The molecule has 0 unspecified atom stereocenters. The van der Waals surface area contributed by atoms with Crippen LogP contribution in [0.4, 0.5) is 5.88 Å². The fraction of sp³-hybridized carbons (Fsp3) is 0.0714. The number of rotatable bonds is 3. The number of hydrogen-bond acceptors (Lipinski definition) is 3. The van der Waals surface area contributed by atoms with Crippen LogP contribution in [0.5, 0.6) is 0 Å². The number of hydrogen-bond donors (Lipinski definition) is 0. The zero-order valence-electron chi connectivity index (χ0n) is 10.0. The van der Waals surface area contributed by atoms with E-state index >= 15 is 0 Å². The Kier molecular flexibility index (Phi) is 2.72. The van der Waals surface area contributed by atoms with Crippen molar-refractivity contribution in [3.8, 4) is 0 Å². The Morgan fingerprint density at radius 3 is 2.63 bits per heavy atom. The van der Waals surface area contributed by atoms with Crippen molar-refractivity contribution in [2.75, 3.05) is 0 Å². The normalized spacial score (nSPS) is 10.7. The van der Waals surface area contributed by atoms with Crippen LogP contribution in [0.15, 0.2) is 59.3 Å². The van der Waals surface area contributed by atoms with Gasteiger partial charge in [-0.1, -0.05) is 18.2 Å². The molecule has 19 heavy (non-hydrogen) atoms. The van der Waals surface area contributed by atoms with Gasteiger partial charge < -0.3 is 4.42 Å². The van der Waals surface area contributed by atoms with E-state index in [0.29, 0.717) is 12.3 Å². The first-order valence-electron chi connectivity index (χ1n) is 5.83. The first-order chi connectivity index (χ1) is 9.22. The highest BCUT2D eigenvalue weighted by molar-refractivity contribution is 5.80. The maximum atomic E-state index is 10.5. The monoisotopic (exact) mass is 255 g/mol. The molecule has 0 atom stereocenters. The average Bonchev–Trinajstić information content (AvgIpc) is 2.87. The van der Waals surface area contributed by atoms with Crippen LogP contribution < -0.4 is 4.57 Å². The molecule has 0 aliphatic heterocycles. The molecule has 0 spiro atoms. The predicted octanol–water partition coefficient (Wildman–Crippen LogP) is 2.68. The number of furan rings is 1. The summed E-state index contributed by atoms with van der Waals surface area (Å²) < 4.78 is 7.08. The molecule has 3 rings (SSSR count). The maximum Gasteiger partial charge on any atom is 0.433 e. The molecular formula is C14H11N2O3+. The Morgan fingerprint density at radius 1 is 1.11 bits per heavy atom. The van der Waals surface area contributed by atoms with Crippen LogP contribution in [-0.2, 0) is 6.54 Å². The number of pyridine rings is 1. The summed E-state index contributed by atoms with van der Waals surface area (Å²) >= 11 is 0. The van der Waals surface area contributed by atoms with Crippen LogP contribution in [0.25, 0.3) is 10.8 Å². The number of nitrogens with zero attached hydrogens (tertiary/aromatic N) is 2. The van der Waals surface area contributed by atoms with Gasteiger partial charge in [-0.3, -0.25) is 10.1 Å². The molecule has 1 aromatic carbocycles. The molecule has 0 fully saturated rings. The van der Waals surface area contributed by atoms with Gasteiger partial charge >= 0.3 is 5.88 Å². The van der Waals surface area contributed by atoms with Gasteiger partial charge in [0.1, 0.15) is 4.92 Å². The minimum Gasteiger partial charge on any atom is -0.399 e. The second-order valence-electron chi connectivity index (χ2n) is 4.24. The smallest absolute Gasteiger partial charge is 0.399 e. The highest BCUT2D eigenvalue weighted by Gasteiger charge is 2.14. The Bertz CT molecular complexity index is 749. The van der Waals surface area contributed by atoms with Crippen molar-refractivity contribution in [1.82, 2.24) is 0 Å². The summed E-state index contributed by atoms with van der Waals surface area (Å²) in [4.78, 5) is 10.0. The van der Waals surface area contributed by atoms with E-state index < -0.39 is 4.92 Å². The van der Waals surface area contributed by atoms with E-state index in [1.165, 1.54) is 6.07 Å². The largest absolute Gasteiger partial charge is 0.433 e. The number of aromatic nitrogens is 1. The van der Waals surface area contributed by atoms with E-state index in [1.807, 2.05) is 47.3 Å². The zero-order valence-corrected chi connectivity index (χ0v) is 10.0. The predicted molar refractivity (Wildman–Crippen MR) is 68.6 cm³/mol. The van der Waals surface area contributed by atoms with E-state index in [9.17, 15) is 10.1 Å². The SMILES string of the molecule is O=[N+]([O-])c1ccc(C[n+]2ccc3ccccc3c2)o1. The molecule has 2 heterocycles. The molecule has 0 aliphatic rings. The third-order valence-corrected chi connectivity index (χ3v) is 2.91. The Balaban J connectivity index is 1.89. The fourth-order valence-electron chi connectivity index (χ4n) is 2.01. The van der Waals surface area contributed by atoms with Gasteiger partial charge in [0, 0.05) is 11.5 Å². The Hall–Kier alpha value is -2.69. The minimum atomic E-state index is -0.533. The molecule has 0 amide bonds. The van der Waals surface area contributed by atoms with Gasteiger partial charge in [0.05, 0.1) is 6.07 Å². The van der Waals surface area contributed by atoms with Gasteiger partial charge in [-0.2, -0.15) is 4.57 Å². The lowest BCUT2D eigenvalue weighted by Crippen LogP contribution is -2.32. The first kappa shape index (κ1) is 11.4. The highest BCUT2D eigenvalue weighted by atomic mass is 16.6. The number of nitro groups is 1. The molecule has 0 radical (unpaired) electrons. The summed E-state index contributed by atoms with van der Waals surface area (Å²) in [6.45, 7) is 0.471.